The Labute approximate surface area is 152 Å². The zero-order valence-electron chi connectivity index (χ0n) is 15.4. The summed E-state index contributed by atoms with van der Waals surface area (Å²) in [5.74, 6) is -0.342. The van der Waals surface area contributed by atoms with E-state index < -0.39 is 11.4 Å². The summed E-state index contributed by atoms with van der Waals surface area (Å²) in [6, 6.07) is 4.95. The Balaban J connectivity index is 1.69. The van der Waals surface area contributed by atoms with Gasteiger partial charge < -0.3 is 15.2 Å². The predicted octanol–water partition coefficient (Wildman–Crippen LogP) is 3.44. The maximum Gasteiger partial charge on any atom is 0.253 e. The average molecular weight is 360 g/mol. The number of hydrogen-bond acceptors (Lipinski definition) is 4. The van der Waals surface area contributed by atoms with Gasteiger partial charge in [0.2, 0.25) is 0 Å². The maximum atomic E-state index is 14.2. The topological polar surface area (TPSA) is 71.5 Å². The molecule has 3 rings (SSSR count). The van der Waals surface area contributed by atoms with Gasteiger partial charge in [-0.05, 0) is 63.6 Å². The lowest BCUT2D eigenvalue weighted by Gasteiger charge is -2.36. The second-order valence-corrected chi connectivity index (χ2v) is 7.55. The number of aliphatic hydroxyl groups is 1. The standard InChI is InChI=1S/C20H25FN2O3/c1-20(2,25)14-5-7-15(8-6-14)23-19(24)13-10-12-4-9-16(26-3)17(21)18(12)22-11-13/h4,9-11,14-15,25H,5-8H2,1-3H3,(H,23,24)/t14-,15-. The Bertz CT molecular complexity index is 809. The van der Waals surface area contributed by atoms with Gasteiger partial charge in [0.25, 0.3) is 5.91 Å². The van der Waals surface area contributed by atoms with Crippen molar-refractivity contribution in [1.82, 2.24) is 10.3 Å². The molecule has 0 atom stereocenters. The number of methoxy groups -OCH3 is 1. The van der Waals surface area contributed by atoms with Crippen LogP contribution in [0.15, 0.2) is 24.4 Å². The number of pyridine rings is 1. The Kier molecular flexibility index (Phi) is 5.14. The van der Waals surface area contributed by atoms with Crippen LogP contribution < -0.4 is 10.1 Å². The van der Waals surface area contributed by atoms with Gasteiger partial charge in [0, 0.05) is 17.6 Å². The fourth-order valence-electron chi connectivity index (χ4n) is 3.64. The normalized spacial score (nSPS) is 20.8. The molecule has 1 aromatic heterocycles. The Morgan fingerprint density at radius 2 is 2.00 bits per heavy atom. The minimum atomic E-state index is -0.678. The first-order valence-corrected chi connectivity index (χ1v) is 8.95. The first-order valence-electron chi connectivity index (χ1n) is 8.95. The van der Waals surface area contributed by atoms with E-state index in [-0.39, 0.29) is 29.1 Å². The number of benzene rings is 1. The molecule has 1 aliphatic carbocycles. The van der Waals surface area contributed by atoms with Crippen molar-refractivity contribution in [3.05, 3.63) is 35.8 Å². The Morgan fingerprint density at radius 3 is 2.62 bits per heavy atom. The zero-order chi connectivity index (χ0) is 18.9. The minimum absolute atomic E-state index is 0.0874. The van der Waals surface area contributed by atoms with Crippen LogP contribution in [-0.2, 0) is 0 Å². The van der Waals surface area contributed by atoms with Crippen LogP contribution in [-0.4, -0.2) is 34.8 Å². The summed E-state index contributed by atoms with van der Waals surface area (Å²) >= 11 is 0. The van der Waals surface area contributed by atoms with Crippen molar-refractivity contribution in [3.8, 4) is 5.75 Å². The number of ether oxygens (including phenoxy) is 1. The molecule has 26 heavy (non-hydrogen) atoms. The van der Waals surface area contributed by atoms with Crippen LogP contribution in [0.25, 0.3) is 10.9 Å². The highest BCUT2D eigenvalue weighted by Gasteiger charge is 2.31. The Hall–Kier alpha value is -2.21. The molecule has 2 aromatic rings. The van der Waals surface area contributed by atoms with Crippen molar-refractivity contribution in [1.29, 1.82) is 0 Å². The molecule has 0 spiro atoms. The average Bonchev–Trinajstić information content (AvgIpc) is 2.61. The molecule has 140 valence electrons. The van der Waals surface area contributed by atoms with Crippen molar-refractivity contribution in [2.24, 2.45) is 5.92 Å². The van der Waals surface area contributed by atoms with Crippen molar-refractivity contribution >= 4 is 16.8 Å². The smallest absolute Gasteiger partial charge is 0.253 e. The van der Waals surface area contributed by atoms with E-state index in [1.54, 1.807) is 12.1 Å². The first-order chi connectivity index (χ1) is 12.3. The quantitative estimate of drug-likeness (QED) is 0.876. The molecule has 1 heterocycles. The van der Waals surface area contributed by atoms with Gasteiger partial charge in [-0.1, -0.05) is 0 Å². The molecule has 1 amide bonds. The molecule has 6 heteroatoms. The van der Waals surface area contributed by atoms with Gasteiger partial charge >= 0.3 is 0 Å². The number of amides is 1. The number of hydrogen-bond donors (Lipinski definition) is 2. The van der Waals surface area contributed by atoms with Crippen LogP contribution in [0.1, 0.15) is 49.9 Å². The summed E-state index contributed by atoms with van der Waals surface area (Å²) < 4.78 is 19.2. The lowest BCUT2D eigenvalue weighted by molar-refractivity contribution is -0.00257. The number of rotatable bonds is 4. The van der Waals surface area contributed by atoms with Crippen LogP contribution in [0.5, 0.6) is 5.75 Å². The minimum Gasteiger partial charge on any atom is -0.494 e. The van der Waals surface area contributed by atoms with Crippen LogP contribution in [0.3, 0.4) is 0 Å². The van der Waals surface area contributed by atoms with Crippen molar-refractivity contribution in [2.75, 3.05) is 7.11 Å². The molecule has 0 saturated heterocycles. The fourth-order valence-corrected chi connectivity index (χ4v) is 3.64. The van der Waals surface area contributed by atoms with Crippen LogP contribution in [0, 0.1) is 11.7 Å². The number of fused-ring (bicyclic) bond motifs is 1. The predicted molar refractivity (Wildman–Crippen MR) is 97.8 cm³/mol. The molecule has 0 radical (unpaired) electrons. The highest BCUT2D eigenvalue weighted by molar-refractivity contribution is 5.97. The van der Waals surface area contributed by atoms with E-state index in [9.17, 15) is 14.3 Å². The molecule has 5 nitrogen and oxygen atoms in total. The fraction of sp³-hybridized carbons (Fsp3) is 0.500. The van der Waals surface area contributed by atoms with E-state index in [2.05, 4.69) is 10.3 Å². The monoisotopic (exact) mass is 360 g/mol. The molecule has 1 fully saturated rings. The summed E-state index contributed by atoms with van der Waals surface area (Å²) in [6.45, 7) is 3.68. The van der Waals surface area contributed by atoms with Gasteiger partial charge in [-0.3, -0.25) is 9.78 Å². The summed E-state index contributed by atoms with van der Waals surface area (Å²) in [6.07, 6.45) is 4.84. The van der Waals surface area contributed by atoms with E-state index in [1.807, 2.05) is 13.8 Å². The first kappa shape index (κ1) is 18.6. The number of nitrogens with one attached hydrogen (secondary N) is 1. The molecule has 0 unspecified atom stereocenters. The van der Waals surface area contributed by atoms with E-state index in [4.69, 9.17) is 4.74 Å². The van der Waals surface area contributed by atoms with Crippen LogP contribution in [0.2, 0.25) is 0 Å². The van der Waals surface area contributed by atoms with E-state index in [1.165, 1.54) is 19.4 Å². The number of nitrogens with zero attached hydrogens (tertiary/aromatic N) is 1. The maximum absolute atomic E-state index is 14.2. The lowest BCUT2D eigenvalue weighted by atomic mass is 9.77. The molecule has 1 aliphatic rings. The van der Waals surface area contributed by atoms with Gasteiger partial charge in [0.1, 0.15) is 5.52 Å². The largest absolute Gasteiger partial charge is 0.494 e. The summed E-state index contributed by atoms with van der Waals surface area (Å²) in [7, 11) is 1.40. The second-order valence-electron chi connectivity index (χ2n) is 7.55. The molecule has 1 saturated carbocycles. The van der Waals surface area contributed by atoms with Crippen molar-refractivity contribution in [3.63, 3.8) is 0 Å². The van der Waals surface area contributed by atoms with Crippen molar-refractivity contribution in [2.45, 2.75) is 51.2 Å². The zero-order valence-corrected chi connectivity index (χ0v) is 15.4. The molecule has 0 aliphatic heterocycles. The van der Waals surface area contributed by atoms with Crippen molar-refractivity contribution < 1.29 is 19.0 Å². The van der Waals surface area contributed by atoms with E-state index >= 15 is 0 Å². The van der Waals surface area contributed by atoms with Crippen LogP contribution in [0.4, 0.5) is 4.39 Å². The number of carbonyl (C=O) groups is 1. The molecular formula is C20H25FN2O3. The SMILES string of the molecule is COc1ccc2cc(C(=O)N[C@H]3CC[C@H](C(C)(C)O)CC3)cnc2c1F. The highest BCUT2D eigenvalue weighted by Crippen LogP contribution is 2.32. The van der Waals surface area contributed by atoms with Gasteiger partial charge in [0.05, 0.1) is 18.3 Å². The third kappa shape index (κ3) is 3.80. The van der Waals surface area contributed by atoms with E-state index in [0.29, 0.717) is 10.9 Å². The number of aromatic nitrogens is 1. The Morgan fingerprint density at radius 1 is 1.31 bits per heavy atom. The number of carbonyl (C=O) groups excluding carboxylic acids is 1. The highest BCUT2D eigenvalue weighted by atomic mass is 19.1. The lowest BCUT2D eigenvalue weighted by Crippen LogP contribution is -2.41. The molecule has 2 N–H and O–H groups in total. The third-order valence-electron chi connectivity index (χ3n) is 5.30. The number of halogens is 1. The van der Waals surface area contributed by atoms with Crippen LogP contribution >= 0.6 is 0 Å². The summed E-state index contributed by atoms with van der Waals surface area (Å²) in [4.78, 5) is 16.6. The van der Waals surface area contributed by atoms with E-state index in [0.717, 1.165) is 25.7 Å². The van der Waals surface area contributed by atoms with Gasteiger partial charge in [-0.15, -0.1) is 0 Å². The second kappa shape index (κ2) is 7.19. The molecule has 0 bridgehead atoms. The summed E-state index contributed by atoms with van der Waals surface area (Å²) in [5, 5.41) is 13.7. The molecular weight excluding hydrogens is 335 g/mol. The van der Waals surface area contributed by atoms with Gasteiger partial charge in [0.15, 0.2) is 11.6 Å². The van der Waals surface area contributed by atoms with Gasteiger partial charge in [-0.25, -0.2) is 4.39 Å². The molecule has 1 aromatic carbocycles. The van der Waals surface area contributed by atoms with Gasteiger partial charge in [-0.2, -0.15) is 0 Å². The summed E-state index contributed by atoms with van der Waals surface area (Å²) in [5.41, 5.74) is -0.0826. The third-order valence-corrected chi connectivity index (χ3v) is 5.30.